The number of benzene rings is 1. The van der Waals surface area contributed by atoms with Crippen LogP contribution in [0.4, 0.5) is 23.2 Å². The van der Waals surface area contributed by atoms with Gasteiger partial charge >= 0.3 is 11.9 Å². The second-order valence-electron chi connectivity index (χ2n) is 4.55. The van der Waals surface area contributed by atoms with Gasteiger partial charge in [-0.1, -0.05) is 0 Å². The summed E-state index contributed by atoms with van der Waals surface area (Å²) in [7, 11) is 0.742. The highest BCUT2D eigenvalue weighted by Crippen LogP contribution is 2.30. The van der Waals surface area contributed by atoms with E-state index < -0.39 is 45.2 Å². The van der Waals surface area contributed by atoms with Crippen molar-refractivity contribution < 1.29 is 22.5 Å². The van der Waals surface area contributed by atoms with Gasteiger partial charge in [0.15, 0.2) is 0 Å². The van der Waals surface area contributed by atoms with Crippen LogP contribution in [0, 0.1) is 15.9 Å². The van der Waals surface area contributed by atoms with Crippen LogP contribution in [0.2, 0.25) is 0 Å². The van der Waals surface area contributed by atoms with E-state index in [1.54, 1.807) is 0 Å². The Balaban J connectivity index is 2.88. The lowest BCUT2D eigenvalue weighted by Gasteiger charge is -2.14. The van der Waals surface area contributed by atoms with E-state index in [0.717, 1.165) is 7.05 Å². The molecule has 0 saturated carbocycles. The third-order valence-corrected chi connectivity index (χ3v) is 3.70. The van der Waals surface area contributed by atoms with Crippen molar-refractivity contribution in [2.45, 2.75) is 6.18 Å². The standard InChI is InChI=1S/C12H6BrF4N3O4/c1-18-9(12(15,16)17)4-10(21)19(11(18)22)8-3-7(20(23)24)5(13)2-6(8)14/h2-4H,1H3. The first-order valence-corrected chi connectivity index (χ1v) is 6.78. The quantitative estimate of drug-likeness (QED) is 0.431. The Hall–Kier alpha value is -2.50. The molecule has 0 spiro atoms. The minimum absolute atomic E-state index is 0.0873. The predicted octanol–water partition coefficient (Wildman–Crippen LogP) is 2.36. The first-order chi connectivity index (χ1) is 10.9. The largest absolute Gasteiger partial charge is 0.431 e. The maximum atomic E-state index is 14.0. The van der Waals surface area contributed by atoms with E-state index in [9.17, 15) is 37.3 Å². The Morgan fingerprint density at radius 1 is 1.21 bits per heavy atom. The summed E-state index contributed by atoms with van der Waals surface area (Å²) < 4.78 is 52.3. The van der Waals surface area contributed by atoms with Crippen LogP contribution >= 0.6 is 15.9 Å². The molecule has 0 aliphatic rings. The summed E-state index contributed by atoms with van der Waals surface area (Å²) in [6, 6.07) is 1.32. The lowest BCUT2D eigenvalue weighted by atomic mass is 10.2. The SMILES string of the molecule is Cn1c(C(F)(F)F)cc(=O)n(-c2cc([N+](=O)[O-])c(Br)cc2F)c1=O. The number of hydrogen-bond donors (Lipinski definition) is 0. The Kier molecular flexibility index (Phi) is 4.35. The maximum Gasteiger partial charge on any atom is 0.431 e. The van der Waals surface area contributed by atoms with Crippen LogP contribution in [0.1, 0.15) is 5.69 Å². The molecule has 7 nitrogen and oxygen atoms in total. The third-order valence-electron chi connectivity index (χ3n) is 3.06. The highest BCUT2D eigenvalue weighted by molar-refractivity contribution is 9.10. The molecule has 0 aliphatic heterocycles. The third kappa shape index (κ3) is 2.96. The number of nitrogens with zero attached hydrogens (tertiary/aromatic N) is 3. The van der Waals surface area contributed by atoms with Crippen LogP contribution < -0.4 is 11.2 Å². The Morgan fingerprint density at radius 3 is 2.29 bits per heavy atom. The summed E-state index contributed by atoms with van der Waals surface area (Å²) in [6.45, 7) is 0. The molecule has 0 radical (unpaired) electrons. The summed E-state index contributed by atoms with van der Waals surface area (Å²) in [6.07, 6.45) is -4.98. The molecule has 12 heteroatoms. The molecule has 0 N–H and O–H groups in total. The lowest BCUT2D eigenvalue weighted by Crippen LogP contribution is -2.41. The minimum atomic E-state index is -4.98. The van der Waals surface area contributed by atoms with Gasteiger partial charge in [-0.05, 0) is 22.0 Å². The van der Waals surface area contributed by atoms with Crippen LogP contribution in [0.3, 0.4) is 0 Å². The molecular formula is C12H6BrF4N3O4. The van der Waals surface area contributed by atoms with Crippen molar-refractivity contribution in [2.75, 3.05) is 0 Å². The zero-order valence-electron chi connectivity index (χ0n) is 11.6. The van der Waals surface area contributed by atoms with Crippen molar-refractivity contribution in [3.63, 3.8) is 0 Å². The molecule has 2 rings (SSSR count). The summed E-state index contributed by atoms with van der Waals surface area (Å²) >= 11 is 2.74. The fourth-order valence-corrected chi connectivity index (χ4v) is 2.42. The van der Waals surface area contributed by atoms with E-state index >= 15 is 0 Å². The van der Waals surface area contributed by atoms with Crippen LogP contribution in [-0.4, -0.2) is 14.1 Å². The molecular weight excluding hydrogens is 406 g/mol. The Bertz CT molecular complexity index is 964. The van der Waals surface area contributed by atoms with Crippen LogP contribution in [-0.2, 0) is 13.2 Å². The number of halogens is 5. The van der Waals surface area contributed by atoms with E-state index in [0.29, 0.717) is 12.1 Å². The van der Waals surface area contributed by atoms with E-state index in [1.165, 1.54) is 0 Å². The molecule has 0 bridgehead atoms. The van der Waals surface area contributed by atoms with Gasteiger partial charge in [-0.3, -0.25) is 19.5 Å². The van der Waals surface area contributed by atoms with Gasteiger partial charge < -0.3 is 0 Å². The molecule has 1 aromatic carbocycles. The minimum Gasteiger partial charge on any atom is -0.292 e. The lowest BCUT2D eigenvalue weighted by molar-refractivity contribution is -0.385. The summed E-state index contributed by atoms with van der Waals surface area (Å²) in [5.74, 6) is -1.20. The highest BCUT2D eigenvalue weighted by atomic mass is 79.9. The van der Waals surface area contributed by atoms with Crippen molar-refractivity contribution in [3.05, 3.63) is 65.1 Å². The molecule has 0 amide bonds. The van der Waals surface area contributed by atoms with E-state index in [1.807, 2.05) is 0 Å². The molecule has 2 aromatic rings. The monoisotopic (exact) mass is 411 g/mol. The average molecular weight is 412 g/mol. The molecule has 0 unspecified atom stereocenters. The summed E-state index contributed by atoms with van der Waals surface area (Å²) in [5, 5.41) is 10.9. The van der Waals surface area contributed by atoms with Crippen molar-refractivity contribution in [1.82, 2.24) is 9.13 Å². The highest BCUT2D eigenvalue weighted by Gasteiger charge is 2.35. The van der Waals surface area contributed by atoms with Crippen molar-refractivity contribution in [2.24, 2.45) is 7.05 Å². The van der Waals surface area contributed by atoms with E-state index in [2.05, 4.69) is 15.9 Å². The molecule has 0 fully saturated rings. The van der Waals surface area contributed by atoms with Crippen LogP contribution in [0.5, 0.6) is 0 Å². The molecule has 128 valence electrons. The number of alkyl halides is 3. The van der Waals surface area contributed by atoms with E-state index in [-0.39, 0.29) is 19.7 Å². The smallest absolute Gasteiger partial charge is 0.292 e. The Labute approximate surface area is 138 Å². The molecule has 0 saturated heterocycles. The predicted molar refractivity (Wildman–Crippen MR) is 76.6 cm³/mol. The number of aromatic nitrogens is 2. The van der Waals surface area contributed by atoms with Gasteiger partial charge in [-0.15, -0.1) is 0 Å². The zero-order valence-corrected chi connectivity index (χ0v) is 13.2. The van der Waals surface area contributed by atoms with Gasteiger partial charge in [-0.2, -0.15) is 13.2 Å². The number of hydrogen-bond acceptors (Lipinski definition) is 4. The molecule has 1 heterocycles. The molecule has 0 atom stereocenters. The number of nitro benzene ring substituents is 1. The summed E-state index contributed by atoms with van der Waals surface area (Å²) in [4.78, 5) is 33.9. The summed E-state index contributed by atoms with van der Waals surface area (Å²) in [5.41, 5.74) is -5.99. The molecule has 24 heavy (non-hydrogen) atoms. The van der Waals surface area contributed by atoms with Crippen molar-refractivity contribution in [1.29, 1.82) is 0 Å². The van der Waals surface area contributed by atoms with Crippen molar-refractivity contribution >= 4 is 21.6 Å². The van der Waals surface area contributed by atoms with Crippen LogP contribution in [0.15, 0.2) is 32.3 Å². The van der Waals surface area contributed by atoms with E-state index in [4.69, 9.17) is 0 Å². The fourth-order valence-electron chi connectivity index (χ4n) is 1.96. The maximum absolute atomic E-state index is 14.0. The zero-order chi connectivity index (χ0) is 18.4. The second kappa shape index (κ2) is 5.85. The fraction of sp³-hybridized carbons (Fsp3) is 0.167. The number of nitro groups is 1. The van der Waals surface area contributed by atoms with Gasteiger partial charge in [0.05, 0.1) is 15.1 Å². The van der Waals surface area contributed by atoms with Gasteiger partial charge in [-0.25, -0.2) is 13.8 Å². The normalized spacial score (nSPS) is 11.6. The Morgan fingerprint density at radius 2 is 1.79 bits per heavy atom. The van der Waals surface area contributed by atoms with Gasteiger partial charge in [0.1, 0.15) is 11.5 Å². The van der Waals surface area contributed by atoms with Gasteiger partial charge in [0.2, 0.25) is 0 Å². The topological polar surface area (TPSA) is 87.1 Å². The first-order valence-electron chi connectivity index (χ1n) is 5.99. The number of rotatable bonds is 2. The second-order valence-corrected chi connectivity index (χ2v) is 5.41. The van der Waals surface area contributed by atoms with Gasteiger partial charge in [0, 0.05) is 19.2 Å². The molecule has 1 aromatic heterocycles. The first kappa shape index (κ1) is 17.8. The molecule has 0 aliphatic carbocycles. The van der Waals surface area contributed by atoms with Crippen molar-refractivity contribution in [3.8, 4) is 5.69 Å². The van der Waals surface area contributed by atoms with Crippen LogP contribution in [0.25, 0.3) is 5.69 Å². The average Bonchev–Trinajstić information content (AvgIpc) is 2.43. The van der Waals surface area contributed by atoms with Gasteiger partial charge in [0.25, 0.3) is 11.2 Å².